The number of fused-ring (bicyclic) bond motifs is 2. The molecule has 0 bridgehead atoms. The van der Waals surface area contributed by atoms with Crippen molar-refractivity contribution in [3.8, 4) is 0 Å². The van der Waals surface area contributed by atoms with E-state index in [0.29, 0.717) is 35.8 Å². The van der Waals surface area contributed by atoms with E-state index < -0.39 is 16.2 Å². The van der Waals surface area contributed by atoms with Crippen molar-refractivity contribution in [2.75, 3.05) is 31.1 Å². The molecule has 2 fully saturated rings. The Morgan fingerprint density at radius 2 is 2.04 bits per heavy atom. The zero-order valence-corrected chi connectivity index (χ0v) is 12.6. The standard InChI is InChI=1S/C16H17N3O4/c20-16-15(19(21)22)14(12-5-1-2-6-13(12)23-16)18-9-8-17-7-3-4-11(17)10-18/h1-2,5-6,11H,3-4,7-10H2/t11-/m1/s1. The molecule has 1 aromatic carbocycles. The molecule has 1 aromatic heterocycles. The number of rotatable bonds is 2. The van der Waals surface area contributed by atoms with E-state index in [1.807, 2.05) is 4.90 Å². The molecule has 0 N–H and O–H groups in total. The number of anilines is 1. The van der Waals surface area contributed by atoms with Gasteiger partial charge in [-0.2, -0.15) is 0 Å². The molecule has 4 rings (SSSR count). The third-order valence-electron chi connectivity index (χ3n) is 4.85. The fraction of sp³-hybridized carbons (Fsp3) is 0.438. The van der Waals surface area contributed by atoms with Gasteiger partial charge in [-0.05, 0) is 31.5 Å². The number of piperazine rings is 1. The maximum atomic E-state index is 12.1. The minimum absolute atomic E-state index is 0.395. The van der Waals surface area contributed by atoms with Crippen molar-refractivity contribution in [3.63, 3.8) is 0 Å². The summed E-state index contributed by atoms with van der Waals surface area (Å²) in [7, 11) is 0. The summed E-state index contributed by atoms with van der Waals surface area (Å²) in [6, 6.07) is 7.43. The molecule has 1 atom stereocenters. The molecule has 2 aromatic rings. The fourth-order valence-electron chi connectivity index (χ4n) is 3.80. The van der Waals surface area contributed by atoms with Gasteiger partial charge in [0.1, 0.15) is 11.3 Å². The average molecular weight is 315 g/mol. The zero-order chi connectivity index (χ0) is 16.0. The minimum Gasteiger partial charge on any atom is -0.418 e. The molecule has 3 heterocycles. The first-order chi connectivity index (χ1) is 11.1. The fourth-order valence-corrected chi connectivity index (χ4v) is 3.80. The number of hydrogen-bond donors (Lipinski definition) is 0. The molecular weight excluding hydrogens is 298 g/mol. The summed E-state index contributed by atoms with van der Waals surface area (Å²) in [5.74, 6) is 0. The molecular formula is C16H17N3O4. The van der Waals surface area contributed by atoms with E-state index in [4.69, 9.17) is 4.42 Å². The first kappa shape index (κ1) is 14.2. The van der Waals surface area contributed by atoms with Crippen molar-refractivity contribution in [2.45, 2.75) is 18.9 Å². The Morgan fingerprint density at radius 3 is 2.87 bits per heavy atom. The number of para-hydroxylation sites is 1. The third-order valence-corrected chi connectivity index (χ3v) is 4.85. The molecule has 7 heteroatoms. The quantitative estimate of drug-likeness (QED) is 0.479. The molecule has 0 spiro atoms. The summed E-state index contributed by atoms with van der Waals surface area (Å²) >= 11 is 0. The van der Waals surface area contributed by atoms with Crippen LogP contribution in [0.5, 0.6) is 0 Å². The lowest BCUT2D eigenvalue weighted by molar-refractivity contribution is -0.386. The molecule has 2 saturated heterocycles. The van der Waals surface area contributed by atoms with Gasteiger partial charge in [0.05, 0.1) is 4.92 Å². The molecule has 120 valence electrons. The van der Waals surface area contributed by atoms with Gasteiger partial charge >= 0.3 is 11.3 Å². The predicted octanol–water partition coefficient (Wildman–Crippen LogP) is 1.99. The second-order valence-corrected chi connectivity index (χ2v) is 6.12. The van der Waals surface area contributed by atoms with Crippen molar-refractivity contribution >= 4 is 22.3 Å². The summed E-state index contributed by atoms with van der Waals surface area (Å²) < 4.78 is 5.14. The number of hydrogen-bond acceptors (Lipinski definition) is 6. The molecule has 2 aliphatic heterocycles. The first-order valence-electron chi connectivity index (χ1n) is 7.84. The SMILES string of the molecule is O=c1oc2ccccc2c(N2CCN3CCC[C@@H]3C2)c1[N+](=O)[O-]. The largest absolute Gasteiger partial charge is 0.418 e. The van der Waals surface area contributed by atoms with Crippen molar-refractivity contribution in [1.82, 2.24) is 4.90 Å². The summed E-state index contributed by atoms with van der Waals surface area (Å²) in [5, 5.41) is 12.1. The molecule has 2 aliphatic rings. The van der Waals surface area contributed by atoms with Crippen LogP contribution in [0.4, 0.5) is 11.4 Å². The van der Waals surface area contributed by atoms with Crippen LogP contribution in [0.2, 0.25) is 0 Å². The van der Waals surface area contributed by atoms with E-state index in [9.17, 15) is 14.9 Å². The lowest BCUT2D eigenvalue weighted by Gasteiger charge is -2.38. The lowest BCUT2D eigenvalue weighted by atomic mass is 10.1. The molecule has 0 unspecified atom stereocenters. The van der Waals surface area contributed by atoms with E-state index in [1.54, 1.807) is 24.3 Å². The van der Waals surface area contributed by atoms with Gasteiger partial charge in [-0.15, -0.1) is 0 Å². The van der Waals surface area contributed by atoms with Gasteiger partial charge < -0.3 is 9.32 Å². The van der Waals surface area contributed by atoms with Crippen LogP contribution in [-0.4, -0.2) is 42.0 Å². The summed E-state index contributed by atoms with van der Waals surface area (Å²) in [4.78, 5) is 27.4. The highest BCUT2D eigenvalue weighted by molar-refractivity contribution is 5.95. The van der Waals surface area contributed by atoms with Gasteiger partial charge in [0.25, 0.3) is 0 Å². The van der Waals surface area contributed by atoms with Gasteiger partial charge in [0, 0.05) is 31.1 Å². The van der Waals surface area contributed by atoms with Gasteiger partial charge in [0.15, 0.2) is 0 Å². The monoisotopic (exact) mass is 315 g/mol. The van der Waals surface area contributed by atoms with Crippen LogP contribution in [0, 0.1) is 10.1 Å². The molecule has 0 amide bonds. The van der Waals surface area contributed by atoms with E-state index in [-0.39, 0.29) is 0 Å². The maximum Gasteiger partial charge on any atom is 0.417 e. The van der Waals surface area contributed by atoms with Gasteiger partial charge in [-0.25, -0.2) is 4.79 Å². The van der Waals surface area contributed by atoms with E-state index in [0.717, 1.165) is 25.9 Å². The van der Waals surface area contributed by atoms with Crippen molar-refractivity contribution in [1.29, 1.82) is 0 Å². The van der Waals surface area contributed by atoms with Gasteiger partial charge in [0.2, 0.25) is 0 Å². The van der Waals surface area contributed by atoms with Crippen molar-refractivity contribution in [3.05, 3.63) is 44.8 Å². The topological polar surface area (TPSA) is 79.8 Å². The Kier molecular flexibility index (Phi) is 3.30. The van der Waals surface area contributed by atoms with Crippen LogP contribution in [0.1, 0.15) is 12.8 Å². The smallest absolute Gasteiger partial charge is 0.417 e. The Balaban J connectivity index is 1.88. The Bertz CT molecular complexity index is 832. The molecule has 0 saturated carbocycles. The number of nitrogens with zero attached hydrogens (tertiary/aromatic N) is 3. The number of benzene rings is 1. The Morgan fingerprint density at radius 1 is 1.22 bits per heavy atom. The van der Waals surface area contributed by atoms with E-state index >= 15 is 0 Å². The molecule has 0 radical (unpaired) electrons. The van der Waals surface area contributed by atoms with Gasteiger partial charge in [-0.3, -0.25) is 15.0 Å². The van der Waals surface area contributed by atoms with E-state index in [2.05, 4.69) is 4.90 Å². The van der Waals surface area contributed by atoms with Crippen LogP contribution < -0.4 is 10.5 Å². The highest BCUT2D eigenvalue weighted by atomic mass is 16.6. The highest BCUT2D eigenvalue weighted by Gasteiger charge is 2.35. The number of nitro groups is 1. The van der Waals surface area contributed by atoms with Crippen LogP contribution in [0.25, 0.3) is 11.0 Å². The molecule has 7 nitrogen and oxygen atoms in total. The second-order valence-electron chi connectivity index (χ2n) is 6.12. The maximum absolute atomic E-state index is 12.1. The van der Waals surface area contributed by atoms with Crippen molar-refractivity contribution in [2.24, 2.45) is 0 Å². The van der Waals surface area contributed by atoms with Crippen LogP contribution in [0.3, 0.4) is 0 Å². The third kappa shape index (κ3) is 2.28. The normalized spacial score (nSPS) is 21.6. The second kappa shape index (κ2) is 5.34. The van der Waals surface area contributed by atoms with Crippen molar-refractivity contribution < 1.29 is 9.34 Å². The lowest BCUT2D eigenvalue weighted by Crippen LogP contribution is -2.50. The van der Waals surface area contributed by atoms with Crippen LogP contribution >= 0.6 is 0 Å². The van der Waals surface area contributed by atoms with Crippen LogP contribution in [-0.2, 0) is 0 Å². The average Bonchev–Trinajstić information content (AvgIpc) is 3.00. The minimum atomic E-state index is -0.877. The highest BCUT2D eigenvalue weighted by Crippen LogP contribution is 2.35. The van der Waals surface area contributed by atoms with E-state index in [1.165, 1.54) is 0 Å². The molecule has 0 aliphatic carbocycles. The van der Waals surface area contributed by atoms with Crippen LogP contribution in [0.15, 0.2) is 33.5 Å². The molecule has 23 heavy (non-hydrogen) atoms. The Hall–Kier alpha value is -2.41. The first-order valence-corrected chi connectivity index (χ1v) is 7.84. The summed E-state index contributed by atoms with van der Waals surface area (Å²) in [6.45, 7) is 3.37. The van der Waals surface area contributed by atoms with Gasteiger partial charge in [-0.1, -0.05) is 12.1 Å². The Labute approximate surface area is 132 Å². The predicted molar refractivity (Wildman–Crippen MR) is 85.9 cm³/mol. The zero-order valence-electron chi connectivity index (χ0n) is 12.6. The summed E-state index contributed by atoms with van der Waals surface area (Å²) in [6.07, 6.45) is 2.27. The summed E-state index contributed by atoms with van der Waals surface area (Å²) in [5.41, 5.74) is -0.520.